The fraction of sp³-hybridized carbons (Fsp3) is 0.0385. The second-order valence-electron chi connectivity index (χ2n) is 6.79. The van der Waals surface area contributed by atoms with E-state index < -0.39 is 0 Å². The Labute approximate surface area is 165 Å². The quantitative estimate of drug-likeness (QED) is 0.428. The Morgan fingerprint density at radius 3 is 2.00 bits per heavy atom. The van der Waals surface area contributed by atoms with Crippen LogP contribution in [0.5, 0.6) is 0 Å². The third kappa shape index (κ3) is 3.79. The van der Waals surface area contributed by atoms with Gasteiger partial charge < -0.3 is 5.32 Å². The Kier molecular flexibility index (Phi) is 4.91. The molecular weight excluding hydrogens is 340 g/mol. The van der Waals surface area contributed by atoms with E-state index in [2.05, 4.69) is 85.0 Å². The zero-order chi connectivity index (χ0) is 19.3. The van der Waals surface area contributed by atoms with E-state index in [1.807, 2.05) is 30.3 Å². The topological polar surface area (TPSA) is 35.8 Å². The number of hydrogen-bond donors (Lipinski definition) is 1. The Morgan fingerprint density at radius 2 is 1.29 bits per heavy atom. The molecule has 2 heteroatoms. The van der Waals surface area contributed by atoms with E-state index in [1.165, 1.54) is 27.8 Å². The van der Waals surface area contributed by atoms with Gasteiger partial charge in [0.2, 0.25) is 0 Å². The average molecular weight is 360 g/mol. The number of anilines is 2. The van der Waals surface area contributed by atoms with Gasteiger partial charge in [-0.25, -0.2) is 0 Å². The van der Waals surface area contributed by atoms with Crippen molar-refractivity contribution in [2.45, 2.75) is 6.92 Å². The summed E-state index contributed by atoms with van der Waals surface area (Å²) in [4.78, 5) is 0. The fourth-order valence-corrected chi connectivity index (χ4v) is 3.23. The van der Waals surface area contributed by atoms with Gasteiger partial charge in [0, 0.05) is 11.4 Å². The zero-order valence-electron chi connectivity index (χ0n) is 15.7. The fourth-order valence-electron chi connectivity index (χ4n) is 3.23. The number of nitriles is 1. The summed E-state index contributed by atoms with van der Waals surface area (Å²) >= 11 is 0. The summed E-state index contributed by atoms with van der Waals surface area (Å²) in [7, 11) is 0. The van der Waals surface area contributed by atoms with Crippen LogP contribution in [0, 0.1) is 18.3 Å². The standard InChI is InChI=1S/C26H20N2/c1-19-10-13-24(17-26(19)28-25-14-11-20(18-27)12-15-25)23-9-5-8-22(16-23)21-6-3-2-4-7-21/h2-17,28H,1H3. The molecule has 0 heterocycles. The minimum absolute atomic E-state index is 0.661. The van der Waals surface area contributed by atoms with Crippen molar-refractivity contribution in [2.24, 2.45) is 0 Å². The van der Waals surface area contributed by atoms with Crippen molar-refractivity contribution in [1.82, 2.24) is 0 Å². The van der Waals surface area contributed by atoms with Gasteiger partial charge in [0.1, 0.15) is 0 Å². The molecule has 0 amide bonds. The van der Waals surface area contributed by atoms with Gasteiger partial charge in [0.25, 0.3) is 0 Å². The zero-order valence-corrected chi connectivity index (χ0v) is 15.7. The molecule has 0 fully saturated rings. The maximum atomic E-state index is 8.96. The van der Waals surface area contributed by atoms with E-state index in [0.29, 0.717) is 5.56 Å². The van der Waals surface area contributed by atoms with E-state index in [9.17, 15) is 0 Å². The molecule has 1 N–H and O–H groups in total. The van der Waals surface area contributed by atoms with Crippen molar-refractivity contribution in [3.8, 4) is 28.3 Å². The smallest absolute Gasteiger partial charge is 0.0991 e. The monoisotopic (exact) mass is 360 g/mol. The van der Waals surface area contributed by atoms with Crippen LogP contribution < -0.4 is 5.32 Å². The molecule has 0 saturated carbocycles. The first kappa shape index (κ1) is 17.6. The second kappa shape index (κ2) is 7.82. The van der Waals surface area contributed by atoms with Crippen molar-refractivity contribution >= 4 is 11.4 Å². The molecule has 4 aromatic carbocycles. The molecular formula is C26H20N2. The molecule has 0 aliphatic carbocycles. The predicted molar refractivity (Wildman–Crippen MR) is 116 cm³/mol. The second-order valence-corrected chi connectivity index (χ2v) is 6.79. The molecule has 0 atom stereocenters. The first-order valence-corrected chi connectivity index (χ1v) is 9.27. The molecule has 2 nitrogen and oxygen atoms in total. The molecule has 4 aromatic rings. The minimum Gasteiger partial charge on any atom is -0.355 e. The summed E-state index contributed by atoms with van der Waals surface area (Å²) in [5, 5.41) is 12.4. The van der Waals surface area contributed by atoms with Gasteiger partial charge in [0.05, 0.1) is 11.6 Å². The molecule has 0 bridgehead atoms. The van der Waals surface area contributed by atoms with Crippen molar-refractivity contribution in [3.05, 3.63) is 108 Å². The maximum absolute atomic E-state index is 8.96. The first-order valence-electron chi connectivity index (χ1n) is 9.27. The number of nitrogens with zero attached hydrogens (tertiary/aromatic N) is 1. The Morgan fingerprint density at radius 1 is 0.643 bits per heavy atom. The molecule has 0 aliphatic rings. The number of hydrogen-bond acceptors (Lipinski definition) is 2. The van der Waals surface area contributed by atoms with Gasteiger partial charge in [-0.1, -0.05) is 60.7 Å². The van der Waals surface area contributed by atoms with Crippen molar-refractivity contribution in [3.63, 3.8) is 0 Å². The van der Waals surface area contributed by atoms with Gasteiger partial charge >= 0.3 is 0 Å². The van der Waals surface area contributed by atoms with Gasteiger partial charge in [-0.3, -0.25) is 0 Å². The van der Waals surface area contributed by atoms with Crippen LogP contribution in [0.3, 0.4) is 0 Å². The van der Waals surface area contributed by atoms with E-state index >= 15 is 0 Å². The average Bonchev–Trinajstić information content (AvgIpc) is 2.76. The van der Waals surface area contributed by atoms with Crippen LogP contribution in [-0.2, 0) is 0 Å². The lowest BCUT2D eigenvalue weighted by Gasteiger charge is -2.13. The normalized spacial score (nSPS) is 10.3. The lowest BCUT2D eigenvalue weighted by molar-refractivity contribution is 1.42. The Bertz CT molecular complexity index is 1140. The van der Waals surface area contributed by atoms with Crippen LogP contribution >= 0.6 is 0 Å². The van der Waals surface area contributed by atoms with Crippen molar-refractivity contribution in [1.29, 1.82) is 5.26 Å². The number of benzene rings is 4. The van der Waals surface area contributed by atoms with Gasteiger partial charge in [-0.05, 0) is 71.1 Å². The number of rotatable bonds is 4. The van der Waals surface area contributed by atoms with Crippen LogP contribution in [0.1, 0.15) is 11.1 Å². The van der Waals surface area contributed by atoms with Crippen molar-refractivity contribution in [2.75, 3.05) is 5.32 Å². The van der Waals surface area contributed by atoms with Gasteiger partial charge in [0.15, 0.2) is 0 Å². The minimum atomic E-state index is 0.661. The molecule has 0 saturated heterocycles. The summed E-state index contributed by atoms with van der Waals surface area (Å²) in [5.74, 6) is 0. The predicted octanol–water partition coefficient (Wildman–Crippen LogP) is 6.94. The van der Waals surface area contributed by atoms with Gasteiger partial charge in [-0.15, -0.1) is 0 Å². The van der Waals surface area contributed by atoms with E-state index in [1.54, 1.807) is 0 Å². The Hall–Kier alpha value is -3.83. The lowest BCUT2D eigenvalue weighted by Crippen LogP contribution is -1.94. The van der Waals surface area contributed by atoms with Crippen molar-refractivity contribution < 1.29 is 0 Å². The molecule has 0 aliphatic heterocycles. The molecule has 4 rings (SSSR count). The highest BCUT2D eigenvalue weighted by Gasteiger charge is 2.05. The highest BCUT2D eigenvalue weighted by atomic mass is 14.9. The molecule has 0 radical (unpaired) electrons. The first-order chi connectivity index (χ1) is 13.7. The summed E-state index contributed by atoms with van der Waals surface area (Å²) in [6.07, 6.45) is 0. The van der Waals surface area contributed by atoms with Crippen LogP contribution in [0.15, 0.2) is 97.1 Å². The summed E-state index contributed by atoms with van der Waals surface area (Å²) in [6.45, 7) is 2.09. The van der Waals surface area contributed by atoms with Crippen LogP contribution in [0.2, 0.25) is 0 Å². The van der Waals surface area contributed by atoms with E-state index in [4.69, 9.17) is 5.26 Å². The highest BCUT2D eigenvalue weighted by molar-refractivity contribution is 5.77. The molecule has 28 heavy (non-hydrogen) atoms. The molecule has 0 spiro atoms. The maximum Gasteiger partial charge on any atom is 0.0991 e. The van der Waals surface area contributed by atoms with Gasteiger partial charge in [-0.2, -0.15) is 5.26 Å². The number of aryl methyl sites for hydroxylation is 1. The SMILES string of the molecule is Cc1ccc(-c2cccc(-c3ccccc3)c2)cc1Nc1ccc(C#N)cc1. The van der Waals surface area contributed by atoms with Crippen LogP contribution in [0.25, 0.3) is 22.3 Å². The molecule has 0 unspecified atom stereocenters. The molecule has 0 aromatic heterocycles. The van der Waals surface area contributed by atoms with E-state index in [0.717, 1.165) is 11.4 Å². The van der Waals surface area contributed by atoms with Crippen LogP contribution in [-0.4, -0.2) is 0 Å². The lowest BCUT2D eigenvalue weighted by atomic mass is 9.98. The summed E-state index contributed by atoms with van der Waals surface area (Å²) < 4.78 is 0. The summed E-state index contributed by atoms with van der Waals surface area (Å²) in [5.41, 5.74) is 8.64. The third-order valence-electron chi connectivity index (χ3n) is 4.83. The van der Waals surface area contributed by atoms with E-state index in [-0.39, 0.29) is 0 Å². The third-order valence-corrected chi connectivity index (χ3v) is 4.83. The largest absolute Gasteiger partial charge is 0.355 e. The number of nitrogens with one attached hydrogen (secondary N) is 1. The van der Waals surface area contributed by atoms with Crippen LogP contribution in [0.4, 0.5) is 11.4 Å². The Balaban J connectivity index is 1.66. The highest BCUT2D eigenvalue weighted by Crippen LogP contribution is 2.30. The summed E-state index contributed by atoms with van der Waals surface area (Å²) in [6, 6.07) is 35.2. The molecule has 134 valence electrons.